The van der Waals surface area contributed by atoms with E-state index in [1.165, 1.54) is 0 Å². The molecule has 1 aromatic carbocycles. The van der Waals surface area contributed by atoms with Crippen LogP contribution < -0.4 is 5.73 Å². The van der Waals surface area contributed by atoms with Gasteiger partial charge in [-0.05, 0) is 43.9 Å². The topological polar surface area (TPSA) is 26.0 Å². The summed E-state index contributed by atoms with van der Waals surface area (Å²) in [4.78, 5) is 0. The standard InChI is InChI=1S/C13H17F4N/c1-9-5-10(3-2-4-12(18)8-14)7-11(6-9)13(15,16)17/h5-7,12H,2-4,8,18H2,1H3. The third-order valence-electron chi connectivity index (χ3n) is 2.70. The molecule has 0 heterocycles. The molecule has 1 nitrogen and oxygen atoms in total. The molecule has 0 amide bonds. The summed E-state index contributed by atoms with van der Waals surface area (Å²) in [6.45, 7) is 1.04. The van der Waals surface area contributed by atoms with E-state index in [2.05, 4.69) is 0 Å². The number of benzene rings is 1. The molecule has 1 unspecified atom stereocenters. The second kappa shape index (κ2) is 6.18. The zero-order valence-electron chi connectivity index (χ0n) is 10.2. The van der Waals surface area contributed by atoms with Gasteiger partial charge in [0.1, 0.15) is 6.67 Å². The molecule has 0 aliphatic rings. The number of hydrogen-bond acceptors (Lipinski definition) is 1. The number of alkyl halides is 4. The molecule has 0 aliphatic carbocycles. The fourth-order valence-corrected chi connectivity index (χ4v) is 1.82. The van der Waals surface area contributed by atoms with E-state index in [0.717, 1.165) is 12.1 Å². The first-order valence-corrected chi connectivity index (χ1v) is 5.82. The normalized spacial score (nSPS) is 13.7. The molecule has 102 valence electrons. The molecule has 0 saturated heterocycles. The van der Waals surface area contributed by atoms with Gasteiger partial charge in [0.05, 0.1) is 5.56 Å². The molecule has 18 heavy (non-hydrogen) atoms. The molecule has 0 spiro atoms. The van der Waals surface area contributed by atoms with Crippen LogP contribution in [0, 0.1) is 6.92 Å². The Morgan fingerprint density at radius 3 is 2.44 bits per heavy atom. The van der Waals surface area contributed by atoms with Crippen LogP contribution in [0.25, 0.3) is 0 Å². The largest absolute Gasteiger partial charge is 0.416 e. The maximum absolute atomic E-state index is 12.6. The second-order valence-electron chi connectivity index (χ2n) is 4.51. The van der Waals surface area contributed by atoms with Crippen molar-refractivity contribution in [3.8, 4) is 0 Å². The number of rotatable bonds is 5. The number of hydrogen-bond donors (Lipinski definition) is 1. The van der Waals surface area contributed by atoms with E-state index in [1.54, 1.807) is 13.0 Å². The van der Waals surface area contributed by atoms with Crippen molar-refractivity contribution in [2.24, 2.45) is 5.73 Å². The molecular weight excluding hydrogens is 246 g/mol. The number of nitrogens with two attached hydrogens (primary N) is 1. The number of aryl methyl sites for hydroxylation is 2. The summed E-state index contributed by atoms with van der Waals surface area (Å²) in [5.41, 5.74) is 5.98. The summed E-state index contributed by atoms with van der Waals surface area (Å²) in [6, 6.07) is 3.47. The van der Waals surface area contributed by atoms with E-state index < -0.39 is 24.5 Å². The lowest BCUT2D eigenvalue weighted by atomic mass is 10.0. The molecule has 1 aromatic rings. The first-order valence-electron chi connectivity index (χ1n) is 5.82. The van der Waals surface area contributed by atoms with Crippen LogP contribution in [0.2, 0.25) is 0 Å². The number of halogens is 4. The molecular formula is C13H17F4N. The minimum absolute atomic E-state index is 0.478. The Morgan fingerprint density at radius 1 is 1.22 bits per heavy atom. The molecule has 0 aromatic heterocycles. The second-order valence-corrected chi connectivity index (χ2v) is 4.51. The van der Waals surface area contributed by atoms with Gasteiger partial charge >= 0.3 is 6.18 Å². The fourth-order valence-electron chi connectivity index (χ4n) is 1.82. The van der Waals surface area contributed by atoms with Crippen LogP contribution in [-0.2, 0) is 12.6 Å². The SMILES string of the molecule is Cc1cc(CCCC(N)CF)cc(C(F)(F)F)c1. The van der Waals surface area contributed by atoms with E-state index in [4.69, 9.17) is 5.73 Å². The van der Waals surface area contributed by atoms with E-state index in [1.807, 2.05) is 0 Å². The molecule has 0 fully saturated rings. The Bertz CT molecular complexity index is 387. The van der Waals surface area contributed by atoms with Crippen molar-refractivity contribution >= 4 is 0 Å². The molecule has 5 heteroatoms. The monoisotopic (exact) mass is 263 g/mol. The Balaban J connectivity index is 2.69. The predicted octanol–water partition coefficient (Wildman–Crippen LogP) is 3.63. The Hall–Kier alpha value is -1.10. The van der Waals surface area contributed by atoms with Crippen molar-refractivity contribution in [2.75, 3.05) is 6.67 Å². The first-order chi connectivity index (χ1) is 8.32. The Kier molecular flexibility index (Phi) is 5.14. The summed E-state index contributed by atoms with van der Waals surface area (Å²) >= 11 is 0. The molecule has 1 atom stereocenters. The molecule has 2 N–H and O–H groups in total. The average Bonchev–Trinajstić information content (AvgIpc) is 2.27. The van der Waals surface area contributed by atoms with Gasteiger partial charge in [-0.2, -0.15) is 13.2 Å². The lowest BCUT2D eigenvalue weighted by molar-refractivity contribution is -0.137. The van der Waals surface area contributed by atoms with Gasteiger partial charge < -0.3 is 5.73 Å². The van der Waals surface area contributed by atoms with E-state index in [0.29, 0.717) is 30.4 Å². The van der Waals surface area contributed by atoms with Gasteiger partial charge in [0.15, 0.2) is 0 Å². The third-order valence-corrected chi connectivity index (χ3v) is 2.70. The lowest BCUT2D eigenvalue weighted by Crippen LogP contribution is -2.22. The van der Waals surface area contributed by atoms with Crippen LogP contribution in [0.3, 0.4) is 0 Å². The minimum Gasteiger partial charge on any atom is -0.325 e. The highest BCUT2D eigenvalue weighted by molar-refractivity contribution is 5.31. The maximum Gasteiger partial charge on any atom is 0.416 e. The highest BCUT2D eigenvalue weighted by Crippen LogP contribution is 2.30. The van der Waals surface area contributed by atoms with Gasteiger partial charge in [-0.25, -0.2) is 4.39 Å². The van der Waals surface area contributed by atoms with Crippen molar-refractivity contribution in [3.63, 3.8) is 0 Å². The van der Waals surface area contributed by atoms with Crippen LogP contribution in [0.5, 0.6) is 0 Å². The van der Waals surface area contributed by atoms with Crippen LogP contribution >= 0.6 is 0 Å². The molecule has 0 aliphatic heterocycles. The molecule has 0 bridgehead atoms. The van der Waals surface area contributed by atoms with Crippen molar-refractivity contribution in [1.29, 1.82) is 0 Å². The first kappa shape index (κ1) is 15.0. The van der Waals surface area contributed by atoms with Gasteiger partial charge in [-0.1, -0.05) is 11.6 Å². The summed E-state index contributed by atoms with van der Waals surface area (Å²) in [5.74, 6) is 0. The maximum atomic E-state index is 12.6. The van der Waals surface area contributed by atoms with Crippen molar-refractivity contribution < 1.29 is 17.6 Å². The zero-order valence-corrected chi connectivity index (χ0v) is 10.2. The van der Waals surface area contributed by atoms with Crippen molar-refractivity contribution in [1.82, 2.24) is 0 Å². The van der Waals surface area contributed by atoms with E-state index >= 15 is 0 Å². The Labute approximate surface area is 104 Å². The van der Waals surface area contributed by atoms with Gasteiger partial charge in [0.2, 0.25) is 0 Å². The summed E-state index contributed by atoms with van der Waals surface area (Å²) in [5, 5.41) is 0. The van der Waals surface area contributed by atoms with Gasteiger partial charge in [0.25, 0.3) is 0 Å². The van der Waals surface area contributed by atoms with Crippen molar-refractivity contribution in [3.05, 3.63) is 34.9 Å². The van der Waals surface area contributed by atoms with Crippen LogP contribution in [0.4, 0.5) is 17.6 Å². The molecule has 0 radical (unpaired) electrons. The zero-order chi connectivity index (χ0) is 13.8. The van der Waals surface area contributed by atoms with Gasteiger partial charge in [0, 0.05) is 6.04 Å². The third kappa shape index (κ3) is 4.64. The van der Waals surface area contributed by atoms with Gasteiger partial charge in [-0.15, -0.1) is 0 Å². The smallest absolute Gasteiger partial charge is 0.325 e. The van der Waals surface area contributed by atoms with E-state index in [9.17, 15) is 17.6 Å². The summed E-state index contributed by atoms with van der Waals surface area (Å²) in [7, 11) is 0. The van der Waals surface area contributed by atoms with Crippen LogP contribution in [0.15, 0.2) is 18.2 Å². The summed E-state index contributed by atoms with van der Waals surface area (Å²) in [6.07, 6.45) is -2.77. The minimum atomic E-state index is -4.32. The molecule has 1 rings (SSSR count). The predicted molar refractivity (Wildman–Crippen MR) is 63.1 cm³/mol. The van der Waals surface area contributed by atoms with Crippen LogP contribution in [-0.4, -0.2) is 12.7 Å². The average molecular weight is 263 g/mol. The van der Waals surface area contributed by atoms with Crippen molar-refractivity contribution in [2.45, 2.75) is 38.4 Å². The fraction of sp³-hybridized carbons (Fsp3) is 0.538. The van der Waals surface area contributed by atoms with E-state index in [-0.39, 0.29) is 0 Å². The molecule has 0 saturated carbocycles. The van der Waals surface area contributed by atoms with Crippen LogP contribution in [0.1, 0.15) is 29.5 Å². The Morgan fingerprint density at radius 2 is 1.89 bits per heavy atom. The highest BCUT2D eigenvalue weighted by Gasteiger charge is 2.30. The highest BCUT2D eigenvalue weighted by atomic mass is 19.4. The quantitative estimate of drug-likeness (QED) is 0.806. The summed E-state index contributed by atoms with van der Waals surface area (Å²) < 4.78 is 49.9. The van der Waals surface area contributed by atoms with Gasteiger partial charge in [-0.3, -0.25) is 0 Å². The lowest BCUT2D eigenvalue weighted by Gasteiger charge is -2.11.